The third-order valence-electron chi connectivity index (χ3n) is 3.65. The van der Waals surface area contributed by atoms with Gasteiger partial charge in [-0.2, -0.15) is 0 Å². The van der Waals surface area contributed by atoms with Crippen molar-refractivity contribution < 1.29 is 14.3 Å². The summed E-state index contributed by atoms with van der Waals surface area (Å²) < 4.78 is 12.9. The molecule has 0 aromatic heterocycles. The molecule has 110 valence electrons. The average Bonchev–Trinajstić information content (AvgIpc) is 3.21. The minimum Gasteiger partial charge on any atom is -0.481 e. The Morgan fingerprint density at radius 3 is 2.55 bits per heavy atom. The standard InChI is InChI=1S/C16H22FNO2/c17-15-8-6-14(7-9-15)12-18(11-13-4-5-13)10-2-1-3-16(19)20/h6-9,13H,1-5,10-12H2,(H,19,20). The summed E-state index contributed by atoms with van der Waals surface area (Å²) in [4.78, 5) is 12.9. The molecule has 1 aliphatic carbocycles. The van der Waals surface area contributed by atoms with E-state index in [1.807, 2.05) is 12.1 Å². The third kappa shape index (κ3) is 5.70. The molecule has 1 aliphatic rings. The first kappa shape index (κ1) is 15.0. The van der Waals surface area contributed by atoms with E-state index in [0.717, 1.165) is 44.0 Å². The maximum Gasteiger partial charge on any atom is 0.303 e. The molecule has 1 saturated carbocycles. The molecule has 0 atom stereocenters. The largest absolute Gasteiger partial charge is 0.481 e. The van der Waals surface area contributed by atoms with Crippen LogP contribution < -0.4 is 0 Å². The number of carbonyl (C=O) groups is 1. The van der Waals surface area contributed by atoms with E-state index in [9.17, 15) is 9.18 Å². The molecule has 1 aromatic rings. The maximum absolute atomic E-state index is 12.9. The zero-order chi connectivity index (χ0) is 14.4. The van der Waals surface area contributed by atoms with Gasteiger partial charge in [-0.15, -0.1) is 0 Å². The van der Waals surface area contributed by atoms with E-state index in [-0.39, 0.29) is 12.2 Å². The zero-order valence-electron chi connectivity index (χ0n) is 11.7. The molecule has 2 rings (SSSR count). The summed E-state index contributed by atoms with van der Waals surface area (Å²) in [5, 5.41) is 8.65. The number of rotatable bonds is 9. The average molecular weight is 279 g/mol. The van der Waals surface area contributed by atoms with Crippen molar-refractivity contribution in [1.82, 2.24) is 4.90 Å². The fourth-order valence-corrected chi connectivity index (χ4v) is 2.36. The van der Waals surface area contributed by atoms with Crippen LogP contribution in [-0.4, -0.2) is 29.1 Å². The molecule has 0 spiro atoms. The van der Waals surface area contributed by atoms with Gasteiger partial charge in [-0.3, -0.25) is 9.69 Å². The van der Waals surface area contributed by atoms with Crippen molar-refractivity contribution in [3.05, 3.63) is 35.6 Å². The molecular formula is C16H22FNO2. The van der Waals surface area contributed by atoms with Crippen LogP contribution >= 0.6 is 0 Å². The SMILES string of the molecule is O=C(O)CCCCN(Cc1ccc(F)cc1)CC1CC1. The van der Waals surface area contributed by atoms with E-state index in [1.165, 1.54) is 25.0 Å². The highest BCUT2D eigenvalue weighted by Gasteiger charge is 2.24. The van der Waals surface area contributed by atoms with Gasteiger partial charge in [0.05, 0.1) is 0 Å². The molecule has 0 saturated heterocycles. The van der Waals surface area contributed by atoms with E-state index in [4.69, 9.17) is 5.11 Å². The fourth-order valence-electron chi connectivity index (χ4n) is 2.36. The van der Waals surface area contributed by atoms with Gasteiger partial charge < -0.3 is 5.11 Å². The van der Waals surface area contributed by atoms with E-state index in [2.05, 4.69) is 4.90 Å². The van der Waals surface area contributed by atoms with Gasteiger partial charge in [0, 0.05) is 19.5 Å². The van der Waals surface area contributed by atoms with Crippen molar-refractivity contribution in [3.8, 4) is 0 Å². The highest BCUT2D eigenvalue weighted by Crippen LogP contribution is 2.30. The highest BCUT2D eigenvalue weighted by molar-refractivity contribution is 5.66. The molecule has 0 aliphatic heterocycles. The topological polar surface area (TPSA) is 40.5 Å². The molecular weight excluding hydrogens is 257 g/mol. The number of halogens is 1. The number of benzene rings is 1. The lowest BCUT2D eigenvalue weighted by Crippen LogP contribution is -2.26. The normalized spacial score (nSPS) is 14.7. The van der Waals surface area contributed by atoms with Gasteiger partial charge in [0.2, 0.25) is 0 Å². The number of carboxylic acids is 1. The van der Waals surface area contributed by atoms with Crippen molar-refractivity contribution in [3.63, 3.8) is 0 Å². The van der Waals surface area contributed by atoms with Crippen LogP contribution in [0.2, 0.25) is 0 Å². The lowest BCUT2D eigenvalue weighted by molar-refractivity contribution is -0.137. The van der Waals surface area contributed by atoms with Crippen LogP contribution in [0, 0.1) is 11.7 Å². The number of carboxylic acid groups (broad SMARTS) is 1. The second-order valence-electron chi connectivity index (χ2n) is 5.66. The summed E-state index contributed by atoms with van der Waals surface area (Å²) in [5.41, 5.74) is 1.12. The van der Waals surface area contributed by atoms with Crippen LogP contribution in [-0.2, 0) is 11.3 Å². The Morgan fingerprint density at radius 2 is 1.95 bits per heavy atom. The van der Waals surface area contributed by atoms with E-state index >= 15 is 0 Å². The van der Waals surface area contributed by atoms with Gasteiger partial charge in [0.1, 0.15) is 5.82 Å². The lowest BCUT2D eigenvalue weighted by Gasteiger charge is -2.22. The molecule has 1 aromatic carbocycles. The Labute approximate surface area is 119 Å². The van der Waals surface area contributed by atoms with Gasteiger partial charge in [-0.1, -0.05) is 12.1 Å². The molecule has 3 nitrogen and oxygen atoms in total. The van der Waals surface area contributed by atoms with Crippen LogP contribution in [0.1, 0.15) is 37.7 Å². The molecule has 1 N–H and O–H groups in total. The van der Waals surface area contributed by atoms with Crippen molar-refractivity contribution in [2.45, 2.75) is 38.6 Å². The molecule has 1 fully saturated rings. The molecule has 4 heteroatoms. The minimum absolute atomic E-state index is 0.205. The first-order valence-electron chi connectivity index (χ1n) is 7.32. The first-order valence-corrected chi connectivity index (χ1v) is 7.32. The number of hydrogen-bond acceptors (Lipinski definition) is 2. The van der Waals surface area contributed by atoms with Crippen molar-refractivity contribution in [2.75, 3.05) is 13.1 Å². The Kier molecular flexibility index (Phi) is 5.53. The molecule has 20 heavy (non-hydrogen) atoms. The number of nitrogens with zero attached hydrogens (tertiary/aromatic N) is 1. The number of hydrogen-bond donors (Lipinski definition) is 1. The second kappa shape index (κ2) is 7.39. The molecule has 0 bridgehead atoms. The quantitative estimate of drug-likeness (QED) is 0.705. The van der Waals surface area contributed by atoms with Crippen LogP contribution in [0.5, 0.6) is 0 Å². The predicted octanol–water partition coefficient (Wildman–Crippen LogP) is 3.29. The lowest BCUT2D eigenvalue weighted by atomic mass is 10.1. The van der Waals surface area contributed by atoms with Crippen molar-refractivity contribution in [2.24, 2.45) is 5.92 Å². The number of unbranched alkanes of at least 4 members (excludes halogenated alkanes) is 1. The molecule has 0 radical (unpaired) electrons. The van der Waals surface area contributed by atoms with E-state index < -0.39 is 5.97 Å². The molecule has 0 unspecified atom stereocenters. The Morgan fingerprint density at radius 1 is 1.25 bits per heavy atom. The summed E-state index contributed by atoms with van der Waals surface area (Å²) in [6.45, 7) is 2.81. The van der Waals surface area contributed by atoms with Gasteiger partial charge >= 0.3 is 5.97 Å². The van der Waals surface area contributed by atoms with E-state index in [0.29, 0.717) is 0 Å². The predicted molar refractivity (Wildman–Crippen MR) is 75.9 cm³/mol. The second-order valence-corrected chi connectivity index (χ2v) is 5.66. The molecule has 0 heterocycles. The third-order valence-corrected chi connectivity index (χ3v) is 3.65. The smallest absolute Gasteiger partial charge is 0.303 e. The first-order chi connectivity index (χ1) is 9.63. The summed E-state index contributed by atoms with van der Waals surface area (Å²) in [6.07, 6.45) is 4.47. The van der Waals surface area contributed by atoms with Gasteiger partial charge in [-0.25, -0.2) is 4.39 Å². The maximum atomic E-state index is 12.9. The summed E-state index contributed by atoms with van der Waals surface area (Å²) in [6, 6.07) is 6.64. The van der Waals surface area contributed by atoms with E-state index in [1.54, 1.807) is 0 Å². The van der Waals surface area contributed by atoms with Crippen molar-refractivity contribution in [1.29, 1.82) is 0 Å². The minimum atomic E-state index is -0.725. The Hall–Kier alpha value is -1.42. The summed E-state index contributed by atoms with van der Waals surface area (Å²) >= 11 is 0. The van der Waals surface area contributed by atoms with Gasteiger partial charge in [0.25, 0.3) is 0 Å². The fraction of sp³-hybridized carbons (Fsp3) is 0.562. The van der Waals surface area contributed by atoms with Crippen molar-refractivity contribution >= 4 is 5.97 Å². The monoisotopic (exact) mass is 279 g/mol. The van der Waals surface area contributed by atoms with Crippen LogP contribution in [0.3, 0.4) is 0 Å². The Balaban J connectivity index is 1.79. The zero-order valence-corrected chi connectivity index (χ0v) is 11.7. The van der Waals surface area contributed by atoms with Crippen LogP contribution in [0.4, 0.5) is 4.39 Å². The van der Waals surface area contributed by atoms with Gasteiger partial charge in [-0.05, 0) is 55.8 Å². The molecule has 0 amide bonds. The number of aliphatic carboxylic acids is 1. The summed E-state index contributed by atoms with van der Waals surface area (Å²) in [7, 11) is 0. The van der Waals surface area contributed by atoms with Crippen LogP contribution in [0.25, 0.3) is 0 Å². The Bertz CT molecular complexity index is 429. The van der Waals surface area contributed by atoms with Crippen LogP contribution in [0.15, 0.2) is 24.3 Å². The highest BCUT2D eigenvalue weighted by atomic mass is 19.1. The summed E-state index contributed by atoms with van der Waals surface area (Å²) in [5.74, 6) is -0.129. The van der Waals surface area contributed by atoms with Gasteiger partial charge in [0.15, 0.2) is 0 Å².